The molecule has 1 heterocycles. The Morgan fingerprint density at radius 2 is 1.76 bits per heavy atom. The van der Waals surface area contributed by atoms with Crippen LogP contribution in [0.1, 0.15) is 38.4 Å². The Bertz CT molecular complexity index is 994. The highest BCUT2D eigenvalue weighted by Crippen LogP contribution is 2.30. The van der Waals surface area contributed by atoms with Gasteiger partial charge in [-0.1, -0.05) is 18.2 Å². The normalized spacial score (nSPS) is 12.8. The quantitative estimate of drug-likeness (QED) is 0.590. The zero-order chi connectivity index (χ0) is 17.4. The van der Waals surface area contributed by atoms with Crippen molar-refractivity contribution in [3.8, 4) is 5.75 Å². The first kappa shape index (κ1) is 15.3. The van der Waals surface area contributed by atoms with Crippen molar-refractivity contribution in [3.05, 3.63) is 70.9 Å². The number of esters is 1. The second kappa shape index (κ2) is 6.02. The minimum atomic E-state index is -0.518. The fourth-order valence-corrected chi connectivity index (χ4v) is 3.29. The summed E-state index contributed by atoms with van der Waals surface area (Å²) in [6.07, 6.45) is 2.71. The van der Waals surface area contributed by atoms with Gasteiger partial charge in [0.15, 0.2) is 0 Å². The smallest absolute Gasteiger partial charge is 0.344 e. The van der Waals surface area contributed by atoms with Crippen LogP contribution in [-0.4, -0.2) is 16.9 Å². The average Bonchev–Trinajstić information content (AvgIpc) is 3.07. The fourth-order valence-electron chi connectivity index (χ4n) is 3.29. The molecule has 2 aromatic carbocycles. The van der Waals surface area contributed by atoms with Crippen LogP contribution in [0.5, 0.6) is 5.75 Å². The van der Waals surface area contributed by atoms with Crippen molar-refractivity contribution >= 4 is 22.8 Å². The van der Waals surface area contributed by atoms with Crippen LogP contribution in [0.3, 0.4) is 0 Å². The average molecular weight is 332 g/mol. The van der Waals surface area contributed by atoms with Crippen LogP contribution in [0.2, 0.25) is 0 Å². The number of para-hydroxylation sites is 1. The Labute approximate surface area is 144 Å². The Morgan fingerprint density at radius 1 is 1.00 bits per heavy atom. The predicted molar refractivity (Wildman–Crippen MR) is 93.7 cm³/mol. The third-order valence-corrected chi connectivity index (χ3v) is 4.47. The molecule has 5 nitrogen and oxygen atoms in total. The summed E-state index contributed by atoms with van der Waals surface area (Å²) in [5.74, 6) is -0.540. The summed E-state index contributed by atoms with van der Waals surface area (Å²) in [6.45, 7) is 0. The maximum atomic E-state index is 12.9. The summed E-state index contributed by atoms with van der Waals surface area (Å²) < 4.78 is 5.55. The van der Waals surface area contributed by atoms with Gasteiger partial charge in [0.05, 0.1) is 11.1 Å². The highest BCUT2D eigenvalue weighted by Gasteiger charge is 2.25. The number of benzene rings is 2. The van der Waals surface area contributed by atoms with Gasteiger partial charge in [0.2, 0.25) is 5.91 Å². The Kier molecular flexibility index (Phi) is 3.69. The van der Waals surface area contributed by atoms with Crippen molar-refractivity contribution in [3.63, 3.8) is 0 Å². The maximum absolute atomic E-state index is 12.9. The molecule has 0 saturated carbocycles. The second-order valence-electron chi connectivity index (χ2n) is 6.06. The molecule has 0 aliphatic heterocycles. The number of carbonyl (C=O) groups excluding carboxylic acids is 2. The summed E-state index contributed by atoms with van der Waals surface area (Å²) in [6, 6.07) is 13.8. The number of fused-ring (bicyclic) bond motifs is 2. The molecule has 1 aromatic heterocycles. The van der Waals surface area contributed by atoms with Crippen LogP contribution < -0.4 is 10.5 Å². The van der Waals surface area contributed by atoms with Gasteiger partial charge in [-0.05, 0) is 55.2 Å². The molecule has 3 aromatic rings. The van der Waals surface area contributed by atoms with Gasteiger partial charge in [-0.25, -0.2) is 4.79 Å². The van der Waals surface area contributed by atoms with Crippen molar-refractivity contribution in [2.75, 3.05) is 0 Å². The molecular formula is C20H16N2O3. The molecule has 0 fully saturated rings. The number of nitrogens with zero attached hydrogens (tertiary/aromatic N) is 1. The number of carbonyl (C=O) groups is 2. The van der Waals surface area contributed by atoms with Gasteiger partial charge < -0.3 is 10.5 Å². The summed E-state index contributed by atoms with van der Waals surface area (Å²) >= 11 is 0. The van der Waals surface area contributed by atoms with Crippen molar-refractivity contribution < 1.29 is 14.3 Å². The summed E-state index contributed by atoms with van der Waals surface area (Å²) in [5, 5.41) is 0.807. The number of nitrogens with two attached hydrogens (primary N) is 1. The van der Waals surface area contributed by atoms with Crippen LogP contribution >= 0.6 is 0 Å². The molecule has 0 radical (unpaired) electrons. The molecule has 1 amide bonds. The standard InChI is InChI=1S/C20H16N2O3/c21-19(23)12-8-10-13(11-9-12)25-20(24)18-14-4-1-2-6-16(14)22-17-7-3-5-15(17)18/h1-2,4,6,8-11H,3,5,7H2,(H2,21,23). The minimum Gasteiger partial charge on any atom is -0.423 e. The summed E-state index contributed by atoms with van der Waals surface area (Å²) in [7, 11) is 0. The minimum absolute atomic E-state index is 0.370. The molecular weight excluding hydrogens is 316 g/mol. The monoisotopic (exact) mass is 332 g/mol. The van der Waals surface area contributed by atoms with Gasteiger partial charge in [0, 0.05) is 16.6 Å². The van der Waals surface area contributed by atoms with E-state index in [9.17, 15) is 9.59 Å². The lowest BCUT2D eigenvalue weighted by Gasteiger charge is -2.12. The molecule has 5 heteroatoms. The van der Waals surface area contributed by atoms with Crippen LogP contribution in [0.25, 0.3) is 10.9 Å². The van der Waals surface area contributed by atoms with Crippen molar-refractivity contribution in [1.29, 1.82) is 0 Å². The second-order valence-corrected chi connectivity index (χ2v) is 6.06. The SMILES string of the molecule is NC(=O)c1ccc(OC(=O)c2c3c(nc4ccccc24)CCC3)cc1. The molecule has 1 aliphatic carbocycles. The maximum Gasteiger partial charge on any atom is 0.344 e. The zero-order valence-corrected chi connectivity index (χ0v) is 13.5. The molecule has 2 N–H and O–H groups in total. The fraction of sp³-hybridized carbons (Fsp3) is 0.150. The molecule has 25 heavy (non-hydrogen) atoms. The van der Waals surface area contributed by atoms with E-state index in [1.165, 1.54) is 0 Å². The van der Waals surface area contributed by atoms with E-state index < -0.39 is 11.9 Å². The molecule has 0 atom stereocenters. The molecule has 0 unspecified atom stereocenters. The van der Waals surface area contributed by atoms with E-state index in [0.29, 0.717) is 16.9 Å². The molecule has 0 bridgehead atoms. The lowest BCUT2D eigenvalue weighted by atomic mass is 10.0. The van der Waals surface area contributed by atoms with E-state index in [1.54, 1.807) is 24.3 Å². The summed E-state index contributed by atoms with van der Waals surface area (Å²) in [5.41, 5.74) is 8.96. The van der Waals surface area contributed by atoms with Crippen molar-refractivity contribution in [2.24, 2.45) is 5.73 Å². The van der Waals surface area contributed by atoms with Crippen molar-refractivity contribution in [2.45, 2.75) is 19.3 Å². The van der Waals surface area contributed by atoms with E-state index >= 15 is 0 Å². The number of ether oxygens (including phenoxy) is 1. The highest BCUT2D eigenvalue weighted by molar-refractivity contribution is 6.06. The third-order valence-electron chi connectivity index (χ3n) is 4.47. The topological polar surface area (TPSA) is 82.3 Å². The van der Waals surface area contributed by atoms with E-state index in [4.69, 9.17) is 10.5 Å². The highest BCUT2D eigenvalue weighted by atomic mass is 16.5. The lowest BCUT2D eigenvalue weighted by molar-refractivity contribution is 0.0735. The molecule has 1 aliphatic rings. The third kappa shape index (κ3) is 2.74. The molecule has 124 valence electrons. The van der Waals surface area contributed by atoms with Crippen molar-refractivity contribution in [1.82, 2.24) is 4.98 Å². The van der Waals surface area contributed by atoms with Gasteiger partial charge >= 0.3 is 5.97 Å². The van der Waals surface area contributed by atoms with E-state index in [1.807, 2.05) is 24.3 Å². The van der Waals surface area contributed by atoms with Crippen LogP contribution in [-0.2, 0) is 12.8 Å². The van der Waals surface area contributed by atoms with Crippen LogP contribution in [0, 0.1) is 0 Å². The van der Waals surface area contributed by atoms with Crippen LogP contribution in [0.4, 0.5) is 0 Å². The number of rotatable bonds is 3. The first-order valence-corrected chi connectivity index (χ1v) is 8.16. The lowest BCUT2D eigenvalue weighted by Crippen LogP contribution is -2.14. The Morgan fingerprint density at radius 3 is 2.52 bits per heavy atom. The number of aromatic nitrogens is 1. The Balaban J connectivity index is 1.74. The largest absolute Gasteiger partial charge is 0.423 e. The number of primary amides is 1. The van der Waals surface area contributed by atoms with Gasteiger partial charge in [0.25, 0.3) is 0 Å². The number of amides is 1. The number of hydrogen-bond donors (Lipinski definition) is 1. The van der Waals surface area contributed by atoms with Gasteiger partial charge in [0.1, 0.15) is 5.75 Å². The molecule has 4 rings (SSSR count). The van der Waals surface area contributed by atoms with E-state index in [2.05, 4.69) is 4.98 Å². The number of pyridine rings is 1. The van der Waals surface area contributed by atoms with Gasteiger partial charge in [-0.3, -0.25) is 9.78 Å². The predicted octanol–water partition coefficient (Wildman–Crippen LogP) is 3.04. The van der Waals surface area contributed by atoms with Gasteiger partial charge in [-0.15, -0.1) is 0 Å². The van der Waals surface area contributed by atoms with E-state index in [-0.39, 0.29) is 0 Å². The zero-order valence-electron chi connectivity index (χ0n) is 13.5. The Hall–Kier alpha value is -3.21. The molecule has 0 saturated heterocycles. The first-order valence-electron chi connectivity index (χ1n) is 8.16. The summed E-state index contributed by atoms with van der Waals surface area (Å²) in [4.78, 5) is 28.7. The number of aryl methyl sites for hydroxylation is 1. The molecule has 0 spiro atoms. The van der Waals surface area contributed by atoms with Crippen LogP contribution in [0.15, 0.2) is 48.5 Å². The van der Waals surface area contributed by atoms with E-state index in [0.717, 1.165) is 41.4 Å². The van der Waals surface area contributed by atoms with Gasteiger partial charge in [-0.2, -0.15) is 0 Å². The number of hydrogen-bond acceptors (Lipinski definition) is 4. The first-order chi connectivity index (χ1) is 12.1.